The van der Waals surface area contributed by atoms with E-state index in [-0.39, 0.29) is 0 Å². The van der Waals surface area contributed by atoms with Crippen molar-refractivity contribution in [1.29, 1.82) is 0 Å². The van der Waals surface area contributed by atoms with Gasteiger partial charge < -0.3 is 4.74 Å². The van der Waals surface area contributed by atoms with Gasteiger partial charge in [0.15, 0.2) is 6.61 Å². The van der Waals surface area contributed by atoms with Gasteiger partial charge in [-0.1, -0.05) is 12.1 Å². The van der Waals surface area contributed by atoms with E-state index in [0.29, 0.717) is 19.6 Å². The second-order valence-corrected chi connectivity index (χ2v) is 4.09. The third-order valence-corrected chi connectivity index (χ3v) is 2.61. The number of fused-ring (bicyclic) bond motifs is 1. The summed E-state index contributed by atoms with van der Waals surface area (Å²) in [6.07, 6.45) is -2.79. The maximum Gasteiger partial charge on any atom is 0.413 e. The van der Waals surface area contributed by atoms with Crippen LogP contribution in [-0.2, 0) is 17.7 Å². The molecule has 1 N–H and O–H groups in total. The number of alkyl halides is 3. The van der Waals surface area contributed by atoms with E-state index in [1.54, 1.807) is 0 Å². The predicted molar refractivity (Wildman–Crippen MR) is 59.4 cm³/mol. The van der Waals surface area contributed by atoms with Gasteiger partial charge in [0.25, 0.3) is 0 Å². The molecule has 1 aromatic rings. The van der Waals surface area contributed by atoms with Gasteiger partial charge in [-0.2, -0.15) is 13.2 Å². The standard InChI is InChI=1S/C12H14F3NO2/c13-12(14,15)8-18-16-5-3-9-1-2-11-10(7-9)4-6-17-11/h1-2,7,16H,3-6,8H2. The van der Waals surface area contributed by atoms with Crippen molar-refractivity contribution in [2.24, 2.45) is 0 Å². The number of hydroxylamine groups is 1. The first-order valence-corrected chi connectivity index (χ1v) is 5.70. The maximum absolute atomic E-state index is 11.8. The predicted octanol–water partition coefficient (Wildman–Crippen LogP) is 2.25. The van der Waals surface area contributed by atoms with Crippen LogP contribution in [0.3, 0.4) is 0 Å². The topological polar surface area (TPSA) is 30.5 Å². The lowest BCUT2D eigenvalue weighted by molar-refractivity contribution is -0.189. The molecule has 2 rings (SSSR count). The van der Waals surface area contributed by atoms with E-state index in [1.807, 2.05) is 18.2 Å². The summed E-state index contributed by atoms with van der Waals surface area (Å²) >= 11 is 0. The fourth-order valence-corrected chi connectivity index (χ4v) is 1.80. The summed E-state index contributed by atoms with van der Waals surface area (Å²) in [6.45, 7) is -0.230. The third-order valence-electron chi connectivity index (χ3n) is 2.61. The van der Waals surface area contributed by atoms with Crippen LogP contribution in [0.1, 0.15) is 11.1 Å². The van der Waals surface area contributed by atoms with Crippen molar-refractivity contribution in [3.05, 3.63) is 29.3 Å². The maximum atomic E-state index is 11.8. The van der Waals surface area contributed by atoms with E-state index in [9.17, 15) is 13.2 Å². The highest BCUT2D eigenvalue weighted by atomic mass is 19.4. The number of halogens is 3. The molecule has 0 saturated heterocycles. The first-order valence-electron chi connectivity index (χ1n) is 5.70. The summed E-state index contributed by atoms with van der Waals surface area (Å²) in [5.74, 6) is 0.903. The highest BCUT2D eigenvalue weighted by molar-refractivity contribution is 5.39. The lowest BCUT2D eigenvalue weighted by Gasteiger charge is -2.08. The van der Waals surface area contributed by atoms with Crippen molar-refractivity contribution in [3.63, 3.8) is 0 Å². The Kier molecular flexibility index (Phi) is 4.08. The van der Waals surface area contributed by atoms with Gasteiger partial charge in [-0.15, -0.1) is 0 Å². The van der Waals surface area contributed by atoms with Gasteiger partial charge >= 0.3 is 6.18 Å². The second-order valence-electron chi connectivity index (χ2n) is 4.09. The van der Waals surface area contributed by atoms with E-state index in [1.165, 1.54) is 0 Å². The molecule has 0 bridgehead atoms. The van der Waals surface area contributed by atoms with Crippen LogP contribution in [0.4, 0.5) is 13.2 Å². The first kappa shape index (κ1) is 13.2. The fraction of sp³-hybridized carbons (Fsp3) is 0.500. The van der Waals surface area contributed by atoms with Crippen LogP contribution in [-0.4, -0.2) is 25.9 Å². The Morgan fingerprint density at radius 3 is 2.94 bits per heavy atom. The summed E-state index contributed by atoms with van der Waals surface area (Å²) in [4.78, 5) is 4.31. The summed E-state index contributed by atoms with van der Waals surface area (Å²) in [5.41, 5.74) is 4.52. The van der Waals surface area contributed by atoms with Gasteiger partial charge in [-0.25, -0.2) is 5.48 Å². The molecule has 100 valence electrons. The van der Waals surface area contributed by atoms with E-state index in [0.717, 1.165) is 23.3 Å². The third kappa shape index (κ3) is 3.89. The minimum atomic E-state index is -4.29. The van der Waals surface area contributed by atoms with Crippen molar-refractivity contribution >= 4 is 0 Å². The van der Waals surface area contributed by atoms with Gasteiger partial charge in [-0.05, 0) is 23.6 Å². The quantitative estimate of drug-likeness (QED) is 0.651. The highest BCUT2D eigenvalue weighted by Crippen LogP contribution is 2.25. The molecule has 3 nitrogen and oxygen atoms in total. The summed E-state index contributed by atoms with van der Waals surface area (Å²) in [5, 5.41) is 0. The van der Waals surface area contributed by atoms with Crippen LogP contribution < -0.4 is 10.2 Å². The van der Waals surface area contributed by atoms with Gasteiger partial charge in [-0.3, -0.25) is 4.84 Å². The van der Waals surface area contributed by atoms with Crippen LogP contribution in [0, 0.1) is 0 Å². The summed E-state index contributed by atoms with van der Waals surface area (Å²) in [7, 11) is 0. The molecule has 0 saturated carbocycles. The molecule has 6 heteroatoms. The molecule has 0 aromatic heterocycles. The Labute approximate surface area is 103 Å². The molecule has 0 unspecified atom stereocenters. The van der Waals surface area contributed by atoms with Crippen molar-refractivity contribution < 1.29 is 22.7 Å². The van der Waals surface area contributed by atoms with Crippen LogP contribution in [0.2, 0.25) is 0 Å². The molecule has 0 fully saturated rings. The average Bonchev–Trinajstić information content (AvgIpc) is 2.74. The van der Waals surface area contributed by atoms with Crippen molar-refractivity contribution in [2.75, 3.05) is 19.8 Å². The zero-order valence-corrected chi connectivity index (χ0v) is 9.72. The number of benzene rings is 1. The molecular formula is C12H14F3NO2. The molecule has 1 aliphatic heterocycles. The second kappa shape index (κ2) is 5.58. The van der Waals surface area contributed by atoms with Crippen LogP contribution in [0.25, 0.3) is 0 Å². The van der Waals surface area contributed by atoms with Crippen LogP contribution >= 0.6 is 0 Å². The van der Waals surface area contributed by atoms with E-state index < -0.39 is 12.8 Å². The molecule has 0 atom stereocenters. The van der Waals surface area contributed by atoms with Gasteiger partial charge in [0.1, 0.15) is 5.75 Å². The first-order chi connectivity index (χ1) is 8.54. The van der Waals surface area contributed by atoms with Crippen molar-refractivity contribution in [2.45, 2.75) is 19.0 Å². The lowest BCUT2D eigenvalue weighted by atomic mass is 10.1. The number of nitrogens with one attached hydrogen (secondary N) is 1. The van der Waals surface area contributed by atoms with E-state index in [4.69, 9.17) is 4.74 Å². The molecule has 1 aromatic carbocycles. The lowest BCUT2D eigenvalue weighted by Crippen LogP contribution is -2.26. The Morgan fingerprint density at radius 1 is 1.33 bits per heavy atom. The van der Waals surface area contributed by atoms with Crippen molar-refractivity contribution in [3.8, 4) is 5.75 Å². The zero-order valence-electron chi connectivity index (χ0n) is 9.72. The Hall–Kier alpha value is -1.27. The summed E-state index contributed by atoms with van der Waals surface area (Å²) < 4.78 is 40.7. The van der Waals surface area contributed by atoms with E-state index in [2.05, 4.69) is 10.3 Å². The molecule has 1 heterocycles. The fourth-order valence-electron chi connectivity index (χ4n) is 1.80. The molecule has 0 aliphatic carbocycles. The van der Waals surface area contributed by atoms with Gasteiger partial charge in [0.05, 0.1) is 6.61 Å². The van der Waals surface area contributed by atoms with Gasteiger partial charge in [0.2, 0.25) is 0 Å². The number of rotatable bonds is 5. The SMILES string of the molecule is FC(F)(F)CONCCc1ccc2c(c1)CCO2. The number of hydrogen-bond acceptors (Lipinski definition) is 3. The molecular weight excluding hydrogens is 247 g/mol. The summed E-state index contributed by atoms with van der Waals surface area (Å²) in [6, 6.07) is 5.83. The van der Waals surface area contributed by atoms with Crippen LogP contribution in [0.15, 0.2) is 18.2 Å². The molecule has 0 spiro atoms. The average molecular weight is 261 g/mol. The van der Waals surface area contributed by atoms with Gasteiger partial charge in [0, 0.05) is 13.0 Å². The number of ether oxygens (including phenoxy) is 1. The molecule has 1 aliphatic rings. The minimum Gasteiger partial charge on any atom is -0.493 e. The Bertz CT molecular complexity index is 407. The Balaban J connectivity index is 1.71. The largest absolute Gasteiger partial charge is 0.493 e. The molecule has 0 amide bonds. The number of hydrogen-bond donors (Lipinski definition) is 1. The van der Waals surface area contributed by atoms with Crippen LogP contribution in [0.5, 0.6) is 5.75 Å². The van der Waals surface area contributed by atoms with E-state index >= 15 is 0 Å². The highest BCUT2D eigenvalue weighted by Gasteiger charge is 2.27. The molecule has 18 heavy (non-hydrogen) atoms. The smallest absolute Gasteiger partial charge is 0.413 e. The Morgan fingerprint density at radius 2 is 2.17 bits per heavy atom. The zero-order chi connectivity index (χ0) is 13.0. The monoisotopic (exact) mass is 261 g/mol. The van der Waals surface area contributed by atoms with Crippen molar-refractivity contribution in [1.82, 2.24) is 5.48 Å². The minimum absolute atomic E-state index is 0.343. The normalized spacial score (nSPS) is 14.4. The molecule has 0 radical (unpaired) electrons.